The van der Waals surface area contributed by atoms with E-state index < -0.39 is 9.84 Å². The SMILES string of the molecule is CN(C(=O)C1CCN(C(=O)c2cccs2)CC1)C1CCS(=O)(=O)C1. The molecule has 1 aromatic heterocycles. The number of thiophene rings is 1. The van der Waals surface area contributed by atoms with E-state index in [4.69, 9.17) is 0 Å². The van der Waals surface area contributed by atoms with Crippen LogP contribution in [0.25, 0.3) is 0 Å². The van der Waals surface area contributed by atoms with Crippen LogP contribution in [0.15, 0.2) is 17.5 Å². The molecule has 1 atom stereocenters. The molecule has 132 valence electrons. The zero-order valence-corrected chi connectivity index (χ0v) is 15.3. The fraction of sp³-hybridized carbons (Fsp3) is 0.625. The van der Waals surface area contributed by atoms with Crippen LogP contribution in [0, 0.1) is 5.92 Å². The minimum absolute atomic E-state index is 0.0142. The molecule has 0 spiro atoms. The molecule has 0 bridgehead atoms. The largest absolute Gasteiger partial charge is 0.341 e. The van der Waals surface area contributed by atoms with Gasteiger partial charge in [-0.2, -0.15) is 0 Å². The standard InChI is InChI=1S/C16H22N2O4S2/c1-17(13-6-10-24(21,22)11-13)15(19)12-4-7-18(8-5-12)16(20)14-3-2-9-23-14/h2-3,9,12-13H,4-8,10-11H2,1H3. The fourth-order valence-corrected chi connectivity index (χ4v) is 5.90. The van der Waals surface area contributed by atoms with Gasteiger partial charge in [0.15, 0.2) is 9.84 Å². The van der Waals surface area contributed by atoms with E-state index in [2.05, 4.69) is 0 Å². The van der Waals surface area contributed by atoms with Crippen molar-refractivity contribution in [3.8, 4) is 0 Å². The van der Waals surface area contributed by atoms with Crippen molar-refractivity contribution in [3.05, 3.63) is 22.4 Å². The summed E-state index contributed by atoms with van der Waals surface area (Å²) in [6.07, 6.45) is 1.81. The van der Waals surface area contributed by atoms with Gasteiger partial charge in [-0.1, -0.05) is 6.07 Å². The van der Waals surface area contributed by atoms with Crippen LogP contribution in [0.1, 0.15) is 28.9 Å². The molecule has 3 rings (SSSR count). The van der Waals surface area contributed by atoms with Crippen molar-refractivity contribution in [2.24, 2.45) is 5.92 Å². The van der Waals surface area contributed by atoms with Gasteiger partial charge in [0.25, 0.3) is 5.91 Å². The van der Waals surface area contributed by atoms with Gasteiger partial charge < -0.3 is 9.80 Å². The smallest absolute Gasteiger partial charge is 0.263 e. The van der Waals surface area contributed by atoms with Gasteiger partial charge in [-0.05, 0) is 30.7 Å². The van der Waals surface area contributed by atoms with Crippen LogP contribution in [-0.2, 0) is 14.6 Å². The second-order valence-electron chi connectivity index (χ2n) is 6.55. The lowest BCUT2D eigenvalue weighted by molar-refractivity contribution is -0.137. The van der Waals surface area contributed by atoms with Crippen LogP contribution >= 0.6 is 11.3 Å². The van der Waals surface area contributed by atoms with E-state index in [0.29, 0.717) is 32.4 Å². The molecule has 2 saturated heterocycles. The molecule has 2 amide bonds. The molecule has 6 nitrogen and oxygen atoms in total. The quantitative estimate of drug-likeness (QED) is 0.802. The van der Waals surface area contributed by atoms with E-state index in [9.17, 15) is 18.0 Å². The highest BCUT2D eigenvalue weighted by Crippen LogP contribution is 2.25. The monoisotopic (exact) mass is 370 g/mol. The van der Waals surface area contributed by atoms with Gasteiger partial charge in [0.2, 0.25) is 5.91 Å². The number of sulfone groups is 1. The first kappa shape index (κ1) is 17.4. The van der Waals surface area contributed by atoms with Gasteiger partial charge in [-0.25, -0.2) is 8.42 Å². The van der Waals surface area contributed by atoms with Gasteiger partial charge in [0, 0.05) is 32.1 Å². The summed E-state index contributed by atoms with van der Waals surface area (Å²) in [7, 11) is -1.29. The highest BCUT2D eigenvalue weighted by molar-refractivity contribution is 7.91. The lowest BCUT2D eigenvalue weighted by Gasteiger charge is -2.34. The Morgan fingerprint density at radius 1 is 1.25 bits per heavy atom. The van der Waals surface area contributed by atoms with Gasteiger partial charge >= 0.3 is 0 Å². The summed E-state index contributed by atoms with van der Waals surface area (Å²) < 4.78 is 23.2. The lowest BCUT2D eigenvalue weighted by atomic mass is 9.94. The molecular weight excluding hydrogens is 348 g/mol. The lowest BCUT2D eigenvalue weighted by Crippen LogP contribution is -2.46. The summed E-state index contributed by atoms with van der Waals surface area (Å²) in [5, 5.41) is 1.88. The molecule has 0 saturated carbocycles. The first-order chi connectivity index (χ1) is 11.4. The third-order valence-corrected chi connectivity index (χ3v) is 7.58. The van der Waals surface area contributed by atoms with E-state index in [1.54, 1.807) is 16.8 Å². The van der Waals surface area contributed by atoms with Gasteiger partial charge in [-0.15, -0.1) is 11.3 Å². The molecule has 0 radical (unpaired) electrons. The molecule has 2 fully saturated rings. The van der Waals surface area contributed by atoms with Crippen molar-refractivity contribution >= 4 is 33.0 Å². The zero-order chi connectivity index (χ0) is 17.3. The summed E-state index contributed by atoms with van der Waals surface area (Å²) in [5.74, 6) is 0.172. The summed E-state index contributed by atoms with van der Waals surface area (Å²) >= 11 is 1.43. The van der Waals surface area contributed by atoms with Crippen molar-refractivity contribution in [1.82, 2.24) is 9.80 Å². The van der Waals surface area contributed by atoms with E-state index in [1.807, 2.05) is 17.5 Å². The second-order valence-corrected chi connectivity index (χ2v) is 9.73. The topological polar surface area (TPSA) is 74.8 Å². The molecular formula is C16H22N2O4S2. The van der Waals surface area contributed by atoms with Crippen LogP contribution in [0.2, 0.25) is 0 Å². The summed E-state index contributed by atoms with van der Waals surface area (Å²) in [6.45, 7) is 1.15. The number of piperidine rings is 1. The Kier molecular flexibility index (Phi) is 4.96. The maximum atomic E-state index is 12.6. The Labute approximate surface area is 146 Å². The van der Waals surface area contributed by atoms with Crippen LogP contribution in [0.5, 0.6) is 0 Å². The third-order valence-electron chi connectivity index (χ3n) is 4.97. The highest BCUT2D eigenvalue weighted by atomic mass is 32.2. The van der Waals surface area contributed by atoms with Crippen molar-refractivity contribution in [3.63, 3.8) is 0 Å². The van der Waals surface area contributed by atoms with Crippen molar-refractivity contribution in [1.29, 1.82) is 0 Å². The Morgan fingerprint density at radius 2 is 1.96 bits per heavy atom. The summed E-state index contributed by atoms with van der Waals surface area (Å²) in [4.78, 5) is 29.1. The summed E-state index contributed by atoms with van der Waals surface area (Å²) in [6, 6.07) is 3.48. The van der Waals surface area contributed by atoms with E-state index in [-0.39, 0.29) is 35.3 Å². The minimum atomic E-state index is -3.00. The summed E-state index contributed by atoms with van der Waals surface area (Å²) in [5.41, 5.74) is 0. The molecule has 3 heterocycles. The Balaban J connectivity index is 1.54. The molecule has 24 heavy (non-hydrogen) atoms. The number of hydrogen-bond acceptors (Lipinski definition) is 5. The van der Waals surface area contributed by atoms with E-state index in [1.165, 1.54) is 11.3 Å². The van der Waals surface area contributed by atoms with Gasteiger partial charge in [0.1, 0.15) is 0 Å². The normalized spacial score (nSPS) is 24.0. The Morgan fingerprint density at radius 3 is 2.50 bits per heavy atom. The maximum Gasteiger partial charge on any atom is 0.263 e. The van der Waals surface area contributed by atoms with Gasteiger partial charge in [-0.3, -0.25) is 9.59 Å². The molecule has 0 N–H and O–H groups in total. The van der Waals surface area contributed by atoms with Crippen molar-refractivity contribution < 1.29 is 18.0 Å². The highest BCUT2D eigenvalue weighted by Gasteiger charge is 2.36. The molecule has 0 aromatic carbocycles. The molecule has 2 aliphatic heterocycles. The number of amides is 2. The van der Waals surface area contributed by atoms with E-state index in [0.717, 1.165) is 4.88 Å². The molecule has 2 aliphatic rings. The number of carbonyl (C=O) groups excluding carboxylic acids is 2. The number of nitrogens with zero attached hydrogens (tertiary/aromatic N) is 2. The maximum absolute atomic E-state index is 12.6. The number of hydrogen-bond donors (Lipinski definition) is 0. The minimum Gasteiger partial charge on any atom is -0.341 e. The van der Waals surface area contributed by atoms with Crippen LogP contribution in [-0.4, -0.2) is 67.7 Å². The van der Waals surface area contributed by atoms with Crippen LogP contribution in [0.4, 0.5) is 0 Å². The Bertz CT molecular complexity index is 706. The average Bonchev–Trinajstić information content (AvgIpc) is 3.22. The number of rotatable bonds is 3. The first-order valence-corrected chi connectivity index (χ1v) is 10.9. The van der Waals surface area contributed by atoms with Gasteiger partial charge in [0.05, 0.1) is 16.4 Å². The average molecular weight is 370 g/mol. The van der Waals surface area contributed by atoms with E-state index >= 15 is 0 Å². The number of carbonyl (C=O) groups is 2. The third kappa shape index (κ3) is 3.64. The first-order valence-electron chi connectivity index (χ1n) is 8.17. The second kappa shape index (κ2) is 6.84. The fourth-order valence-electron chi connectivity index (χ4n) is 3.43. The number of likely N-dealkylation sites (tertiary alicyclic amines) is 1. The predicted octanol–water partition coefficient (Wildman–Crippen LogP) is 1.25. The molecule has 8 heteroatoms. The van der Waals surface area contributed by atoms with Crippen LogP contribution in [0.3, 0.4) is 0 Å². The van der Waals surface area contributed by atoms with Crippen molar-refractivity contribution in [2.75, 3.05) is 31.6 Å². The van der Waals surface area contributed by atoms with Crippen molar-refractivity contribution in [2.45, 2.75) is 25.3 Å². The predicted molar refractivity (Wildman–Crippen MR) is 92.8 cm³/mol. The Hall–Kier alpha value is -1.41. The molecule has 1 aromatic rings. The molecule has 0 aliphatic carbocycles. The van der Waals surface area contributed by atoms with Crippen LogP contribution < -0.4 is 0 Å². The molecule has 1 unspecified atom stereocenters. The zero-order valence-electron chi connectivity index (χ0n) is 13.7.